The highest BCUT2D eigenvalue weighted by Gasteiger charge is 2.26. The van der Waals surface area contributed by atoms with Crippen molar-refractivity contribution in [3.63, 3.8) is 0 Å². The second-order valence-electron chi connectivity index (χ2n) is 3.14. The van der Waals surface area contributed by atoms with Crippen molar-refractivity contribution < 1.29 is 9.84 Å². The van der Waals surface area contributed by atoms with Crippen LogP contribution in [0.1, 0.15) is 23.8 Å². The Morgan fingerprint density at radius 1 is 1.62 bits per heavy atom. The summed E-state index contributed by atoms with van der Waals surface area (Å²) in [6.45, 7) is 0.786. The van der Waals surface area contributed by atoms with Crippen LogP contribution in [0.3, 0.4) is 0 Å². The molecule has 0 bridgehead atoms. The van der Waals surface area contributed by atoms with Gasteiger partial charge in [-0.2, -0.15) is 0 Å². The van der Waals surface area contributed by atoms with Gasteiger partial charge in [-0.05, 0) is 40.9 Å². The van der Waals surface area contributed by atoms with E-state index in [4.69, 9.17) is 4.74 Å². The van der Waals surface area contributed by atoms with E-state index in [2.05, 4.69) is 15.9 Å². The molecule has 4 heteroatoms. The molecular formula is C9H11BrO2S. The Kier molecular flexibility index (Phi) is 3.03. The fourth-order valence-electron chi connectivity index (χ4n) is 1.52. The third kappa shape index (κ3) is 2.13. The maximum absolute atomic E-state index is 9.90. The Bertz CT molecular complexity index is 281. The van der Waals surface area contributed by atoms with Crippen LogP contribution in [-0.4, -0.2) is 17.8 Å². The Morgan fingerprint density at radius 3 is 3.00 bits per heavy atom. The molecule has 13 heavy (non-hydrogen) atoms. The van der Waals surface area contributed by atoms with Crippen LogP contribution in [0, 0.1) is 0 Å². The third-order valence-electron chi connectivity index (χ3n) is 2.20. The van der Waals surface area contributed by atoms with Crippen LogP contribution in [0.15, 0.2) is 15.9 Å². The molecule has 0 radical (unpaired) electrons. The summed E-state index contributed by atoms with van der Waals surface area (Å²) < 4.78 is 6.47. The Balaban J connectivity index is 2.07. The molecule has 0 saturated carbocycles. The highest BCUT2D eigenvalue weighted by Crippen LogP contribution is 2.33. The average Bonchev–Trinajstić information content (AvgIpc) is 2.72. The molecule has 2 nitrogen and oxygen atoms in total. The molecule has 1 aromatic heterocycles. The molecule has 0 aliphatic carbocycles. The molecular weight excluding hydrogens is 252 g/mol. The predicted molar refractivity (Wildman–Crippen MR) is 56.0 cm³/mol. The lowest BCUT2D eigenvalue weighted by Crippen LogP contribution is -2.15. The summed E-state index contributed by atoms with van der Waals surface area (Å²) >= 11 is 4.94. The van der Waals surface area contributed by atoms with E-state index in [0.29, 0.717) is 0 Å². The van der Waals surface area contributed by atoms with Gasteiger partial charge >= 0.3 is 0 Å². The van der Waals surface area contributed by atoms with Crippen molar-refractivity contribution in [3.05, 3.63) is 20.8 Å². The maximum Gasteiger partial charge on any atom is 0.114 e. The highest BCUT2D eigenvalue weighted by molar-refractivity contribution is 9.11. The van der Waals surface area contributed by atoms with Crippen molar-refractivity contribution in [1.29, 1.82) is 0 Å². The molecule has 1 aliphatic heterocycles. The largest absolute Gasteiger partial charge is 0.385 e. The lowest BCUT2D eigenvalue weighted by molar-refractivity contribution is -0.000772. The fraction of sp³-hybridized carbons (Fsp3) is 0.556. The van der Waals surface area contributed by atoms with Gasteiger partial charge in [0.05, 0.1) is 9.89 Å². The zero-order chi connectivity index (χ0) is 9.26. The van der Waals surface area contributed by atoms with Crippen LogP contribution in [0.25, 0.3) is 0 Å². The molecule has 2 heterocycles. The number of hydrogen-bond donors (Lipinski definition) is 1. The average molecular weight is 263 g/mol. The topological polar surface area (TPSA) is 29.5 Å². The van der Waals surface area contributed by atoms with E-state index in [1.54, 1.807) is 11.3 Å². The van der Waals surface area contributed by atoms with Gasteiger partial charge in [0.15, 0.2) is 0 Å². The van der Waals surface area contributed by atoms with Gasteiger partial charge in [0.25, 0.3) is 0 Å². The van der Waals surface area contributed by atoms with Crippen molar-refractivity contribution in [2.24, 2.45) is 0 Å². The first-order chi connectivity index (χ1) is 6.27. The number of rotatable bonds is 2. The van der Waals surface area contributed by atoms with E-state index < -0.39 is 6.10 Å². The summed E-state index contributed by atoms with van der Waals surface area (Å²) in [4.78, 5) is 0.985. The van der Waals surface area contributed by atoms with E-state index in [1.165, 1.54) is 0 Å². The summed E-state index contributed by atoms with van der Waals surface area (Å²) in [5.41, 5.74) is 0. The third-order valence-corrected chi connectivity index (χ3v) is 3.90. The van der Waals surface area contributed by atoms with E-state index in [9.17, 15) is 5.11 Å². The number of halogens is 1. The van der Waals surface area contributed by atoms with E-state index in [0.717, 1.165) is 28.1 Å². The number of thiophene rings is 1. The van der Waals surface area contributed by atoms with Gasteiger partial charge in [-0.3, -0.25) is 0 Å². The standard InChI is InChI=1S/C9H11BrO2S/c10-8-4-3-7(13-8)9(11)6-2-1-5-12-6/h3-4,6,9,11H,1-2,5H2. The second-order valence-corrected chi connectivity index (χ2v) is 5.63. The summed E-state index contributed by atoms with van der Waals surface area (Å²) in [5, 5.41) is 9.90. The molecule has 2 atom stereocenters. The molecule has 0 spiro atoms. The van der Waals surface area contributed by atoms with Crippen LogP contribution < -0.4 is 0 Å². The molecule has 1 N–H and O–H groups in total. The zero-order valence-electron chi connectivity index (χ0n) is 7.07. The Morgan fingerprint density at radius 2 is 2.46 bits per heavy atom. The van der Waals surface area contributed by atoms with Crippen molar-refractivity contribution >= 4 is 27.3 Å². The number of aliphatic hydroxyl groups is 1. The molecule has 72 valence electrons. The van der Waals surface area contributed by atoms with E-state index >= 15 is 0 Å². The van der Waals surface area contributed by atoms with Gasteiger partial charge in [0.2, 0.25) is 0 Å². The molecule has 1 aliphatic rings. The van der Waals surface area contributed by atoms with Crippen LogP contribution in [-0.2, 0) is 4.74 Å². The Labute approximate surface area is 89.7 Å². The highest BCUT2D eigenvalue weighted by atomic mass is 79.9. The minimum absolute atomic E-state index is 0.00514. The first-order valence-electron chi connectivity index (χ1n) is 4.32. The molecule has 1 aromatic rings. The molecule has 2 unspecified atom stereocenters. The summed E-state index contributed by atoms with van der Waals surface area (Å²) in [6, 6.07) is 3.90. The molecule has 0 amide bonds. The van der Waals surface area contributed by atoms with Crippen molar-refractivity contribution in [2.45, 2.75) is 25.0 Å². The summed E-state index contributed by atoms with van der Waals surface area (Å²) in [5.74, 6) is 0. The monoisotopic (exact) mass is 262 g/mol. The second kappa shape index (κ2) is 4.09. The predicted octanol–water partition coefficient (Wildman–Crippen LogP) is 2.72. The van der Waals surface area contributed by atoms with Gasteiger partial charge in [0, 0.05) is 11.5 Å². The van der Waals surface area contributed by atoms with E-state index in [-0.39, 0.29) is 6.10 Å². The minimum Gasteiger partial charge on any atom is -0.385 e. The quantitative estimate of drug-likeness (QED) is 0.889. The van der Waals surface area contributed by atoms with Gasteiger partial charge < -0.3 is 9.84 Å². The first kappa shape index (κ1) is 9.65. The van der Waals surface area contributed by atoms with Crippen LogP contribution in [0.4, 0.5) is 0 Å². The Hall–Kier alpha value is 0.1000. The van der Waals surface area contributed by atoms with E-state index in [1.807, 2.05) is 12.1 Å². The molecule has 2 rings (SSSR count). The van der Waals surface area contributed by atoms with Crippen molar-refractivity contribution in [1.82, 2.24) is 0 Å². The molecule has 1 fully saturated rings. The van der Waals surface area contributed by atoms with Crippen LogP contribution in [0.5, 0.6) is 0 Å². The number of hydrogen-bond acceptors (Lipinski definition) is 3. The molecule has 0 aromatic carbocycles. The maximum atomic E-state index is 9.90. The smallest absolute Gasteiger partial charge is 0.114 e. The lowest BCUT2D eigenvalue weighted by atomic mass is 10.1. The van der Waals surface area contributed by atoms with Gasteiger partial charge in [-0.1, -0.05) is 0 Å². The normalized spacial score (nSPS) is 24.9. The van der Waals surface area contributed by atoms with Crippen LogP contribution in [0.2, 0.25) is 0 Å². The lowest BCUT2D eigenvalue weighted by Gasteiger charge is -2.15. The number of ether oxygens (including phenoxy) is 1. The van der Waals surface area contributed by atoms with Crippen LogP contribution >= 0.6 is 27.3 Å². The summed E-state index contributed by atoms with van der Waals surface area (Å²) in [7, 11) is 0. The van der Waals surface area contributed by atoms with Crippen molar-refractivity contribution in [2.75, 3.05) is 6.61 Å². The number of aliphatic hydroxyl groups excluding tert-OH is 1. The fourth-order valence-corrected chi connectivity index (χ4v) is 2.98. The van der Waals surface area contributed by atoms with Gasteiger partial charge in [-0.25, -0.2) is 0 Å². The van der Waals surface area contributed by atoms with Crippen molar-refractivity contribution in [3.8, 4) is 0 Å². The van der Waals surface area contributed by atoms with Gasteiger partial charge in [0.1, 0.15) is 6.10 Å². The zero-order valence-corrected chi connectivity index (χ0v) is 9.47. The summed E-state index contributed by atoms with van der Waals surface area (Å²) in [6.07, 6.45) is 1.59. The SMILES string of the molecule is OC(c1ccc(Br)s1)C1CCCO1. The first-order valence-corrected chi connectivity index (χ1v) is 5.93. The van der Waals surface area contributed by atoms with Gasteiger partial charge in [-0.15, -0.1) is 11.3 Å². The minimum atomic E-state index is -0.446. The molecule has 1 saturated heterocycles.